The Kier molecular flexibility index (Phi) is 5.23. The minimum absolute atomic E-state index is 0. The van der Waals surface area contributed by atoms with Crippen LogP contribution in [-0.2, 0) is 18.6 Å². The van der Waals surface area contributed by atoms with Crippen molar-refractivity contribution in [1.29, 1.82) is 0 Å². The summed E-state index contributed by atoms with van der Waals surface area (Å²) in [4.78, 5) is 3.48. The molecule has 111 valence electrons. The van der Waals surface area contributed by atoms with Gasteiger partial charge in [0.2, 0.25) is 5.88 Å². The zero-order valence-electron chi connectivity index (χ0n) is 9.82. The van der Waals surface area contributed by atoms with Crippen LogP contribution in [0.3, 0.4) is 0 Å². The Bertz CT molecular complexity index is 440. The van der Waals surface area contributed by atoms with E-state index in [1.807, 2.05) is 0 Å². The quantitative estimate of drug-likeness (QED) is 0.858. The topological polar surface area (TPSA) is 43.4 Å². The molecular formula is C10H9F5N2O2V. The number of hydrogen-bond acceptors (Lipinski definition) is 4. The minimum atomic E-state index is -4.83. The molecule has 1 aliphatic heterocycles. The second kappa shape index (κ2) is 6.15. The van der Waals surface area contributed by atoms with Gasteiger partial charge in [-0.2, -0.15) is 0 Å². The van der Waals surface area contributed by atoms with Gasteiger partial charge in [-0.25, -0.2) is 13.8 Å². The molecular weight excluding hydrogens is 326 g/mol. The van der Waals surface area contributed by atoms with Crippen LogP contribution >= 0.6 is 0 Å². The molecule has 1 saturated heterocycles. The van der Waals surface area contributed by atoms with E-state index in [1.54, 1.807) is 0 Å². The van der Waals surface area contributed by atoms with Crippen molar-refractivity contribution in [3.8, 4) is 11.6 Å². The summed E-state index contributed by atoms with van der Waals surface area (Å²) in [6.45, 7) is -0.567. The molecule has 20 heavy (non-hydrogen) atoms. The molecule has 1 atom stereocenters. The summed E-state index contributed by atoms with van der Waals surface area (Å²) in [5, 5.41) is 2.45. The van der Waals surface area contributed by atoms with Crippen LogP contribution in [0.15, 0.2) is 18.3 Å². The zero-order chi connectivity index (χ0) is 14.1. The normalized spacial score (nSPS) is 21.1. The molecule has 1 aliphatic rings. The largest absolute Gasteiger partial charge is 0.573 e. The first-order chi connectivity index (χ1) is 8.76. The fourth-order valence-electron chi connectivity index (χ4n) is 1.54. The van der Waals surface area contributed by atoms with Crippen LogP contribution in [0.4, 0.5) is 22.0 Å². The van der Waals surface area contributed by atoms with E-state index in [-0.39, 0.29) is 31.0 Å². The molecule has 0 amide bonds. The average molecular weight is 335 g/mol. The molecule has 1 aromatic rings. The van der Waals surface area contributed by atoms with Crippen molar-refractivity contribution < 1.29 is 50.0 Å². The van der Waals surface area contributed by atoms with Gasteiger partial charge in [0.05, 0.1) is 12.7 Å². The summed E-state index contributed by atoms with van der Waals surface area (Å²) in [5.41, 5.74) is 0. The van der Waals surface area contributed by atoms with E-state index in [1.165, 1.54) is 0 Å². The van der Waals surface area contributed by atoms with Crippen molar-refractivity contribution in [2.45, 2.75) is 18.4 Å². The predicted molar refractivity (Wildman–Crippen MR) is 53.2 cm³/mol. The van der Waals surface area contributed by atoms with E-state index in [4.69, 9.17) is 4.74 Å². The van der Waals surface area contributed by atoms with Crippen molar-refractivity contribution in [2.24, 2.45) is 0 Å². The number of hydrogen-bond donors (Lipinski definition) is 1. The maximum atomic E-state index is 13.2. The van der Waals surface area contributed by atoms with Crippen LogP contribution in [-0.4, -0.2) is 36.5 Å². The Balaban J connectivity index is 0.00000200. The summed E-state index contributed by atoms with van der Waals surface area (Å²) in [5.74, 6) is -3.78. The van der Waals surface area contributed by atoms with Gasteiger partial charge in [0.25, 0.3) is 5.92 Å². The smallest absolute Gasteiger partial charge is 0.466 e. The Morgan fingerprint density at radius 3 is 2.45 bits per heavy atom. The maximum absolute atomic E-state index is 13.2. The Morgan fingerprint density at radius 2 is 2.00 bits per heavy atom. The molecule has 0 spiro atoms. The second-order valence-electron chi connectivity index (χ2n) is 3.88. The third-order valence-corrected chi connectivity index (χ3v) is 2.37. The van der Waals surface area contributed by atoms with E-state index < -0.39 is 30.7 Å². The fourth-order valence-corrected chi connectivity index (χ4v) is 1.54. The first-order valence-corrected chi connectivity index (χ1v) is 5.23. The maximum Gasteiger partial charge on any atom is 0.573 e. The molecule has 1 fully saturated rings. The monoisotopic (exact) mass is 335 g/mol. The van der Waals surface area contributed by atoms with Gasteiger partial charge in [-0.1, -0.05) is 0 Å². The number of halogens is 5. The fraction of sp³-hybridized carbons (Fsp3) is 0.500. The number of nitrogens with zero attached hydrogens (tertiary/aromatic N) is 1. The molecule has 0 unspecified atom stereocenters. The Morgan fingerprint density at radius 1 is 1.30 bits per heavy atom. The standard InChI is InChI=1S/C10H9F5N2O2.V/c11-9(12)5-16-4-7(9)18-8-2-1-6(3-17-8)19-10(13,14)15;/h1-3,7,16H,4-5H2;/t7-;/m0./s1. The first kappa shape index (κ1) is 17.0. The van der Waals surface area contributed by atoms with Crippen molar-refractivity contribution in [1.82, 2.24) is 10.3 Å². The average Bonchev–Trinajstić information content (AvgIpc) is 2.59. The molecule has 1 aromatic heterocycles. The number of ether oxygens (including phenoxy) is 2. The van der Waals surface area contributed by atoms with Gasteiger partial charge in [0.1, 0.15) is 5.75 Å². The van der Waals surface area contributed by atoms with Gasteiger partial charge < -0.3 is 14.8 Å². The van der Waals surface area contributed by atoms with E-state index in [2.05, 4.69) is 15.0 Å². The summed E-state index contributed by atoms with van der Waals surface area (Å²) < 4.78 is 70.6. The van der Waals surface area contributed by atoms with Gasteiger partial charge in [0.15, 0.2) is 6.10 Å². The molecule has 0 aliphatic carbocycles. The predicted octanol–water partition coefficient (Wildman–Crippen LogP) is 1.96. The van der Waals surface area contributed by atoms with Crippen LogP contribution in [0.5, 0.6) is 11.6 Å². The summed E-state index contributed by atoms with van der Waals surface area (Å²) in [6, 6.07) is 1.98. The van der Waals surface area contributed by atoms with E-state index >= 15 is 0 Å². The van der Waals surface area contributed by atoms with Gasteiger partial charge in [-0.3, -0.25) is 0 Å². The number of rotatable bonds is 3. The summed E-state index contributed by atoms with van der Waals surface area (Å²) in [7, 11) is 0. The van der Waals surface area contributed by atoms with Gasteiger partial charge in [-0.05, 0) is 6.07 Å². The molecule has 2 rings (SSSR count). The van der Waals surface area contributed by atoms with Crippen LogP contribution in [0, 0.1) is 0 Å². The molecule has 2 heterocycles. The van der Waals surface area contributed by atoms with Crippen LogP contribution in [0.1, 0.15) is 0 Å². The van der Waals surface area contributed by atoms with Crippen molar-refractivity contribution in [2.75, 3.05) is 13.1 Å². The molecule has 10 heteroatoms. The van der Waals surface area contributed by atoms with E-state index in [9.17, 15) is 22.0 Å². The molecule has 1 N–H and O–H groups in total. The molecule has 0 aromatic carbocycles. The molecule has 0 saturated carbocycles. The number of alkyl halides is 5. The van der Waals surface area contributed by atoms with Crippen LogP contribution < -0.4 is 14.8 Å². The SMILES string of the molecule is FC(F)(F)Oc1ccc(O[C@H]2CNCC2(F)F)nc1.[V]. The summed E-state index contributed by atoms with van der Waals surface area (Å²) in [6.07, 6.45) is -5.47. The minimum Gasteiger partial charge on any atom is -0.466 e. The van der Waals surface area contributed by atoms with E-state index in [0.717, 1.165) is 18.3 Å². The van der Waals surface area contributed by atoms with Crippen molar-refractivity contribution >= 4 is 0 Å². The molecule has 1 radical (unpaired) electrons. The zero-order valence-corrected chi connectivity index (χ0v) is 11.2. The van der Waals surface area contributed by atoms with Gasteiger partial charge in [0, 0.05) is 31.2 Å². The second-order valence-corrected chi connectivity index (χ2v) is 3.88. The Labute approximate surface area is 122 Å². The third kappa shape index (κ3) is 4.50. The van der Waals surface area contributed by atoms with Gasteiger partial charge >= 0.3 is 6.36 Å². The Hall–Kier alpha value is -1.06. The van der Waals surface area contributed by atoms with Crippen molar-refractivity contribution in [3.05, 3.63) is 18.3 Å². The summed E-state index contributed by atoms with van der Waals surface area (Å²) >= 11 is 0. The first-order valence-electron chi connectivity index (χ1n) is 5.23. The number of nitrogens with one attached hydrogen (secondary N) is 1. The number of pyridine rings is 1. The van der Waals surface area contributed by atoms with Crippen molar-refractivity contribution in [3.63, 3.8) is 0 Å². The molecule has 4 nitrogen and oxygen atoms in total. The molecule has 0 bridgehead atoms. The van der Waals surface area contributed by atoms with Crippen LogP contribution in [0.2, 0.25) is 0 Å². The van der Waals surface area contributed by atoms with Gasteiger partial charge in [-0.15, -0.1) is 13.2 Å². The third-order valence-electron chi connectivity index (χ3n) is 2.37. The van der Waals surface area contributed by atoms with E-state index in [0.29, 0.717) is 0 Å². The van der Waals surface area contributed by atoms with Crippen LogP contribution in [0.25, 0.3) is 0 Å². The number of aromatic nitrogens is 1.